The second-order valence-corrected chi connectivity index (χ2v) is 8.42. The van der Waals surface area contributed by atoms with Crippen LogP contribution in [-0.4, -0.2) is 52.8 Å². The highest BCUT2D eigenvalue weighted by atomic mass is 16.2. The van der Waals surface area contributed by atoms with E-state index in [0.717, 1.165) is 22.3 Å². The van der Waals surface area contributed by atoms with Crippen LogP contribution in [0.25, 0.3) is 11.1 Å². The van der Waals surface area contributed by atoms with Crippen molar-refractivity contribution in [3.63, 3.8) is 0 Å². The smallest absolute Gasteiger partial charge is 0.228 e. The molecular weight excluding hydrogens is 410 g/mol. The van der Waals surface area contributed by atoms with Crippen LogP contribution < -0.4 is 0 Å². The molecule has 0 radical (unpaired) electrons. The second-order valence-electron chi connectivity index (χ2n) is 8.42. The molecule has 0 unspecified atom stereocenters. The number of nitrogens with zero attached hydrogens (tertiary/aromatic N) is 3. The first-order valence-corrected chi connectivity index (χ1v) is 11.3. The van der Waals surface area contributed by atoms with Crippen molar-refractivity contribution in [2.24, 2.45) is 5.92 Å². The van der Waals surface area contributed by atoms with E-state index in [1.165, 1.54) is 0 Å². The fourth-order valence-corrected chi connectivity index (χ4v) is 4.34. The highest BCUT2D eigenvalue weighted by Gasteiger charge is 2.31. The monoisotopic (exact) mass is 439 g/mol. The fraction of sp³-hybridized carbons (Fsp3) is 0.250. The number of pyridine rings is 1. The zero-order chi connectivity index (χ0) is 23.0. The Bertz CT molecular complexity index is 1100. The summed E-state index contributed by atoms with van der Waals surface area (Å²) in [6.45, 7) is 5.79. The SMILES string of the molecule is C=CCN1CCN(C(=O)Cc2ccccc2)C[C@@H](Cc2cccc(-c3cccnc3)c2)C1=O. The molecule has 168 valence electrons. The molecule has 1 aromatic heterocycles. The molecule has 0 aliphatic carbocycles. The summed E-state index contributed by atoms with van der Waals surface area (Å²) in [6, 6.07) is 21.9. The van der Waals surface area contributed by atoms with Gasteiger partial charge in [0.25, 0.3) is 0 Å². The Morgan fingerprint density at radius 2 is 1.79 bits per heavy atom. The first-order chi connectivity index (χ1) is 16.1. The molecule has 0 saturated carbocycles. The van der Waals surface area contributed by atoms with Gasteiger partial charge < -0.3 is 9.80 Å². The van der Waals surface area contributed by atoms with Crippen molar-refractivity contribution in [1.82, 2.24) is 14.8 Å². The van der Waals surface area contributed by atoms with Crippen LogP contribution in [0.5, 0.6) is 0 Å². The largest absolute Gasteiger partial charge is 0.340 e. The van der Waals surface area contributed by atoms with E-state index in [1.54, 1.807) is 12.3 Å². The van der Waals surface area contributed by atoms with Crippen LogP contribution in [0.1, 0.15) is 11.1 Å². The third-order valence-electron chi connectivity index (χ3n) is 6.05. The van der Waals surface area contributed by atoms with Crippen LogP contribution in [0, 0.1) is 5.92 Å². The molecule has 2 heterocycles. The number of hydrogen-bond acceptors (Lipinski definition) is 3. The van der Waals surface area contributed by atoms with Gasteiger partial charge in [0, 0.05) is 38.6 Å². The van der Waals surface area contributed by atoms with E-state index in [0.29, 0.717) is 39.0 Å². The standard InChI is InChI=1S/C28H29N3O2/c1-2-14-30-15-16-31(27(32)19-22-8-4-3-5-9-22)21-26(28(30)33)18-23-10-6-11-24(17-23)25-12-7-13-29-20-25/h2-13,17,20,26H,1,14-16,18-19,21H2/t26-/m1/s1. The molecule has 0 spiro atoms. The molecule has 0 N–H and O–H groups in total. The van der Waals surface area contributed by atoms with E-state index >= 15 is 0 Å². The summed E-state index contributed by atoms with van der Waals surface area (Å²) in [6.07, 6.45) is 6.27. The van der Waals surface area contributed by atoms with Crippen molar-refractivity contribution in [3.8, 4) is 11.1 Å². The molecule has 1 fully saturated rings. The van der Waals surface area contributed by atoms with Crippen LogP contribution in [0.3, 0.4) is 0 Å². The molecule has 1 aliphatic heterocycles. The quantitative estimate of drug-likeness (QED) is 0.523. The van der Waals surface area contributed by atoms with E-state index in [1.807, 2.05) is 70.6 Å². The summed E-state index contributed by atoms with van der Waals surface area (Å²) in [5, 5.41) is 0. The van der Waals surface area contributed by atoms with E-state index in [2.05, 4.69) is 23.7 Å². The number of carbonyl (C=O) groups is 2. The molecule has 0 bridgehead atoms. The van der Waals surface area contributed by atoms with Crippen LogP contribution >= 0.6 is 0 Å². The molecule has 3 aromatic rings. The van der Waals surface area contributed by atoms with Gasteiger partial charge in [-0.1, -0.05) is 66.7 Å². The van der Waals surface area contributed by atoms with Gasteiger partial charge in [-0.05, 0) is 34.7 Å². The van der Waals surface area contributed by atoms with Gasteiger partial charge in [0.2, 0.25) is 11.8 Å². The Labute approximate surface area is 195 Å². The lowest BCUT2D eigenvalue weighted by Gasteiger charge is -2.24. The first kappa shape index (κ1) is 22.5. The van der Waals surface area contributed by atoms with Gasteiger partial charge in [0.15, 0.2) is 0 Å². The van der Waals surface area contributed by atoms with Crippen molar-refractivity contribution in [3.05, 3.63) is 103 Å². The third kappa shape index (κ3) is 5.75. The van der Waals surface area contributed by atoms with Crippen molar-refractivity contribution in [1.29, 1.82) is 0 Å². The summed E-state index contributed by atoms with van der Waals surface area (Å²) >= 11 is 0. The maximum Gasteiger partial charge on any atom is 0.228 e. The molecule has 1 saturated heterocycles. The van der Waals surface area contributed by atoms with Crippen LogP contribution in [0.2, 0.25) is 0 Å². The van der Waals surface area contributed by atoms with Gasteiger partial charge >= 0.3 is 0 Å². The minimum Gasteiger partial charge on any atom is -0.340 e. The number of aromatic nitrogens is 1. The fourth-order valence-electron chi connectivity index (χ4n) is 4.34. The van der Waals surface area contributed by atoms with Gasteiger partial charge in [0.05, 0.1) is 12.3 Å². The number of amides is 2. The predicted octanol–water partition coefficient (Wildman–Crippen LogP) is 4.01. The summed E-state index contributed by atoms with van der Waals surface area (Å²) in [5.41, 5.74) is 4.17. The van der Waals surface area contributed by atoms with Crippen molar-refractivity contribution in [2.45, 2.75) is 12.8 Å². The number of carbonyl (C=O) groups excluding carboxylic acids is 2. The highest BCUT2D eigenvalue weighted by molar-refractivity contribution is 5.83. The Hall–Kier alpha value is -3.73. The molecule has 4 rings (SSSR count). The lowest BCUT2D eigenvalue weighted by Crippen LogP contribution is -2.38. The molecule has 2 amide bonds. The van der Waals surface area contributed by atoms with Crippen LogP contribution in [-0.2, 0) is 22.4 Å². The molecule has 2 aromatic carbocycles. The summed E-state index contributed by atoms with van der Waals surface area (Å²) < 4.78 is 0. The van der Waals surface area contributed by atoms with Gasteiger partial charge in [-0.25, -0.2) is 0 Å². The zero-order valence-corrected chi connectivity index (χ0v) is 18.8. The molecular formula is C28H29N3O2. The molecule has 1 aliphatic rings. The van der Waals surface area contributed by atoms with Crippen LogP contribution in [0.4, 0.5) is 0 Å². The number of benzene rings is 2. The Kier molecular flexibility index (Phi) is 7.30. The zero-order valence-electron chi connectivity index (χ0n) is 18.8. The third-order valence-corrected chi connectivity index (χ3v) is 6.05. The average molecular weight is 440 g/mol. The highest BCUT2D eigenvalue weighted by Crippen LogP contribution is 2.23. The van der Waals surface area contributed by atoms with Crippen molar-refractivity contribution >= 4 is 11.8 Å². The Balaban J connectivity index is 1.54. The summed E-state index contributed by atoms with van der Waals surface area (Å²) in [7, 11) is 0. The maximum atomic E-state index is 13.4. The van der Waals surface area contributed by atoms with Gasteiger partial charge in [0.1, 0.15) is 0 Å². The molecule has 33 heavy (non-hydrogen) atoms. The van der Waals surface area contributed by atoms with Crippen molar-refractivity contribution < 1.29 is 9.59 Å². The van der Waals surface area contributed by atoms with E-state index in [-0.39, 0.29) is 17.7 Å². The van der Waals surface area contributed by atoms with Crippen LogP contribution in [0.15, 0.2) is 91.8 Å². The van der Waals surface area contributed by atoms with E-state index < -0.39 is 0 Å². The van der Waals surface area contributed by atoms with Gasteiger partial charge in [-0.15, -0.1) is 6.58 Å². The molecule has 5 heteroatoms. The van der Waals surface area contributed by atoms with E-state index in [4.69, 9.17) is 0 Å². The number of rotatable bonds is 7. The predicted molar refractivity (Wildman–Crippen MR) is 130 cm³/mol. The topological polar surface area (TPSA) is 53.5 Å². The minimum absolute atomic E-state index is 0.0589. The Morgan fingerprint density at radius 3 is 2.55 bits per heavy atom. The molecule has 1 atom stereocenters. The average Bonchev–Trinajstić information content (AvgIpc) is 3.00. The van der Waals surface area contributed by atoms with E-state index in [9.17, 15) is 9.59 Å². The van der Waals surface area contributed by atoms with Crippen molar-refractivity contribution in [2.75, 3.05) is 26.2 Å². The normalized spacial score (nSPS) is 16.4. The van der Waals surface area contributed by atoms with Gasteiger partial charge in [-0.3, -0.25) is 14.6 Å². The van der Waals surface area contributed by atoms with Gasteiger partial charge in [-0.2, -0.15) is 0 Å². The molecule has 5 nitrogen and oxygen atoms in total. The summed E-state index contributed by atoms with van der Waals surface area (Å²) in [4.78, 5) is 34.3. The Morgan fingerprint density at radius 1 is 1.00 bits per heavy atom. The lowest BCUT2D eigenvalue weighted by molar-refractivity contribution is -0.134. The second kappa shape index (κ2) is 10.7. The number of hydrogen-bond donors (Lipinski definition) is 0. The lowest BCUT2D eigenvalue weighted by atomic mass is 9.95. The minimum atomic E-state index is -0.295. The summed E-state index contributed by atoms with van der Waals surface area (Å²) in [5.74, 6) is -0.156. The first-order valence-electron chi connectivity index (χ1n) is 11.3. The maximum absolute atomic E-state index is 13.4.